The summed E-state index contributed by atoms with van der Waals surface area (Å²) < 4.78 is 9.33. The molecule has 0 aliphatic heterocycles. The number of carbonyl (C=O) groups is 2. The average molecular weight is 570 g/mol. The lowest BCUT2D eigenvalue weighted by atomic mass is 10.4. The molecule has 1 atom stereocenters. The van der Waals surface area contributed by atoms with Gasteiger partial charge in [0.15, 0.2) is 0 Å². The highest BCUT2D eigenvalue weighted by Crippen LogP contribution is 1.92. The van der Waals surface area contributed by atoms with Crippen LogP contribution < -0.4 is 5.32 Å². The van der Waals surface area contributed by atoms with Gasteiger partial charge in [-0.15, -0.1) is 12.8 Å². The fraction of sp³-hybridized carbons (Fsp3) is 0.152. The van der Waals surface area contributed by atoms with Crippen molar-refractivity contribution in [3.05, 3.63) is 0 Å². The van der Waals surface area contributed by atoms with Crippen molar-refractivity contribution >= 4 is 11.9 Å². The van der Waals surface area contributed by atoms with E-state index < -0.39 is 25.5 Å². The van der Waals surface area contributed by atoms with Gasteiger partial charge in [0, 0.05) is 82.7 Å². The number of ether oxygens (including phenoxy) is 2. The summed E-state index contributed by atoms with van der Waals surface area (Å²) in [5, 5.41) is 19.6. The van der Waals surface area contributed by atoms with Crippen molar-refractivity contribution in [2.75, 3.05) is 20.0 Å². The number of rotatable bonds is 5. The number of terminal acetylenes is 2. The fourth-order valence-corrected chi connectivity index (χ4v) is 1.29. The first-order chi connectivity index (χ1) is 19.5. The normalized spacial score (nSPS) is 6.62. The molecule has 0 saturated carbocycles. The molecule has 0 saturated heterocycles. The highest BCUT2D eigenvalue weighted by Gasteiger charge is 2.11. The van der Waals surface area contributed by atoms with E-state index in [2.05, 4.69) is 152 Å². The molecular weight excluding hydrogens is 506 g/mol. The Bertz CT molecular complexity index is 1770. The monoisotopic (exact) mass is 569 g/mol. The largest absolute Gasteiger partial charge is 0.448 e. The Morgan fingerprint density at radius 3 is 1.48 bits per heavy atom. The molecule has 0 radical (unpaired) electrons. The van der Waals surface area contributed by atoms with E-state index >= 15 is 0 Å². The topological polar surface area (TPSA) is 105 Å². The minimum Gasteiger partial charge on any atom is -0.448 e. The van der Waals surface area contributed by atoms with Gasteiger partial charge in [-0.25, -0.2) is 4.79 Å². The van der Waals surface area contributed by atoms with Crippen molar-refractivity contribution in [1.82, 2.24) is 5.32 Å². The van der Waals surface area contributed by atoms with Crippen LogP contribution in [0.2, 0.25) is 0 Å². The smallest absolute Gasteiger partial charge is 0.385 e. The standard InChI is InChI=1S/C19H10O5.C14H5NO.24H2/c1-2-3-4-5-6-7-8-9-10-11-12-13-14-19(22)24-18(15-20)16-23-17-21;1-3-4-5-6-7-8-9-10-11-12-13-15-14(2)16;;;;;;;;;;;;;;;;;;;;;;;;/h1,18,20-21H,15-17H2;1H,2H3,(H,15,16);24*1H/t18-;;;;;;;;;;;;;;;;;;;;;;;;;/m1........................./s1. The molecule has 0 rings (SSSR count). The number of amides is 1. The van der Waals surface area contributed by atoms with Crippen LogP contribution in [0.1, 0.15) is 41.2 Å². The Balaban J connectivity index is -0.0000000141. The summed E-state index contributed by atoms with van der Waals surface area (Å²) in [6.07, 6.45) is 8.84. The molecule has 3 N–H and O–H groups in total. The van der Waals surface area contributed by atoms with Crippen LogP contribution >= 0.6 is 0 Å². The molecule has 40 heavy (non-hydrogen) atoms. The van der Waals surface area contributed by atoms with Gasteiger partial charge in [-0.3, -0.25) is 10.1 Å². The molecule has 7 heteroatoms. The quantitative estimate of drug-likeness (QED) is 0.151. The van der Waals surface area contributed by atoms with Gasteiger partial charge in [-0.2, -0.15) is 0 Å². The maximum Gasteiger partial charge on any atom is 0.385 e. The van der Waals surface area contributed by atoms with Crippen LogP contribution in [0.15, 0.2) is 0 Å². The highest BCUT2D eigenvalue weighted by molar-refractivity contribution is 5.89. The fourth-order valence-electron chi connectivity index (χ4n) is 1.29. The van der Waals surface area contributed by atoms with Crippen molar-refractivity contribution in [2.24, 2.45) is 0 Å². The van der Waals surface area contributed by atoms with E-state index in [4.69, 9.17) is 27.8 Å². The molecule has 0 aromatic carbocycles. The van der Waals surface area contributed by atoms with E-state index in [0.29, 0.717) is 0 Å². The van der Waals surface area contributed by atoms with E-state index in [1.54, 1.807) is 0 Å². The first-order valence-electron chi connectivity index (χ1n) is 10.2. The highest BCUT2D eigenvalue weighted by atomic mass is 16.6. The number of aliphatic hydroxyl groups excluding tert-OH is 2. The molecule has 0 aliphatic rings. The van der Waals surface area contributed by atoms with Crippen molar-refractivity contribution < 1.29 is 63.5 Å². The Hall–Kier alpha value is -6.90. The van der Waals surface area contributed by atoms with Gasteiger partial charge in [0.25, 0.3) is 0 Å². The first-order valence-corrected chi connectivity index (χ1v) is 10.2. The summed E-state index contributed by atoms with van der Waals surface area (Å²) in [5.74, 6) is 52.7. The molecule has 0 aromatic rings. The summed E-state index contributed by atoms with van der Waals surface area (Å²) in [6.45, 7) is 0.208. The van der Waals surface area contributed by atoms with E-state index in [-0.39, 0.29) is 46.8 Å². The van der Waals surface area contributed by atoms with Crippen LogP contribution in [0.5, 0.6) is 0 Å². The second-order valence-corrected chi connectivity index (χ2v) is 5.43. The Morgan fingerprint density at radius 2 is 1.10 bits per heavy atom. The Labute approximate surface area is 270 Å². The molecule has 236 valence electrons. The van der Waals surface area contributed by atoms with Crippen LogP contribution in [0, 0.1) is 155 Å². The maximum absolute atomic E-state index is 11.3. The lowest BCUT2D eigenvalue weighted by Crippen LogP contribution is -2.26. The Morgan fingerprint density at radius 1 is 0.700 bits per heavy atom. The van der Waals surface area contributed by atoms with Crippen molar-refractivity contribution in [3.63, 3.8) is 0 Å². The van der Waals surface area contributed by atoms with Crippen LogP contribution in [0.3, 0.4) is 0 Å². The maximum atomic E-state index is 11.3. The minimum absolute atomic E-state index is 0. The number of hydrogen-bond acceptors (Lipinski definition) is 6. The number of nitrogens with one attached hydrogen (secondary N) is 1. The third-order valence-electron chi connectivity index (χ3n) is 2.61. The first kappa shape index (κ1) is 35.3. The molecule has 0 aromatic heterocycles. The predicted molar refractivity (Wildman–Crippen MR) is 198 cm³/mol. The number of hydrogen-bond donors (Lipinski definition) is 3. The molecule has 0 aliphatic carbocycles. The van der Waals surface area contributed by atoms with Crippen LogP contribution in [0.4, 0.5) is 0 Å². The second-order valence-electron chi connectivity index (χ2n) is 5.43. The zero-order valence-electron chi connectivity index (χ0n) is 20.9. The summed E-state index contributed by atoms with van der Waals surface area (Å²) in [6, 6.07) is 2.33. The number of carbonyl (C=O) groups excluding carboxylic acids is 2. The van der Waals surface area contributed by atoms with Gasteiger partial charge >= 0.3 is 5.97 Å². The molecule has 1 amide bonds. The average Bonchev–Trinajstić information content (AvgIpc) is 2.94. The third-order valence-corrected chi connectivity index (χ3v) is 2.61. The summed E-state index contributed by atoms with van der Waals surface area (Å²) >= 11 is 0. The minimum atomic E-state index is -0.909. The third kappa shape index (κ3) is 31.1. The molecule has 0 spiro atoms. The van der Waals surface area contributed by atoms with E-state index in [0.717, 1.165) is 0 Å². The lowest BCUT2D eigenvalue weighted by molar-refractivity contribution is -0.150. The molecule has 0 unspecified atom stereocenters. The lowest BCUT2D eigenvalue weighted by Gasteiger charge is -2.12. The van der Waals surface area contributed by atoms with Gasteiger partial charge in [0.05, 0.1) is 13.2 Å². The summed E-state index contributed by atoms with van der Waals surface area (Å²) in [7, 11) is 0. The summed E-state index contributed by atoms with van der Waals surface area (Å²) in [4.78, 5) is 21.6. The SMILES string of the molecule is C#CC#CC#CC#CC#CC#CC#CC(=O)O[C@H](CO)COCO.C#CC#CC#CC#CC#CC#CNC(C)=O.[HH].[HH].[HH].[HH].[HH].[HH].[HH].[HH].[HH].[HH].[HH].[HH].[HH].[HH].[HH].[HH].[HH].[HH].[HH].[HH].[HH].[HH].[HH].[HH]. The van der Waals surface area contributed by atoms with E-state index in [1.165, 1.54) is 6.92 Å². The van der Waals surface area contributed by atoms with Crippen LogP contribution in [-0.2, 0) is 19.1 Å². The van der Waals surface area contributed by atoms with E-state index in [1.807, 2.05) is 0 Å². The zero-order valence-corrected chi connectivity index (χ0v) is 20.9. The zero-order chi connectivity index (χ0) is 29.9. The van der Waals surface area contributed by atoms with Gasteiger partial charge in [-0.05, 0) is 101 Å². The molecule has 0 bridgehead atoms. The van der Waals surface area contributed by atoms with Crippen LogP contribution in [-0.4, -0.2) is 48.2 Å². The molecule has 0 heterocycles. The second kappa shape index (κ2) is 30.1. The van der Waals surface area contributed by atoms with Crippen molar-refractivity contribution in [1.29, 1.82) is 0 Å². The van der Waals surface area contributed by atoms with Gasteiger partial charge in [-0.1, -0.05) is 0 Å². The van der Waals surface area contributed by atoms with Crippen LogP contribution in [0.25, 0.3) is 0 Å². The number of aliphatic hydroxyl groups is 2. The molecular formula is C33H63NO6. The van der Waals surface area contributed by atoms with Crippen molar-refractivity contribution in [3.8, 4) is 155 Å². The molecule has 7 nitrogen and oxygen atoms in total. The number of esters is 1. The molecule has 0 fully saturated rings. The van der Waals surface area contributed by atoms with Gasteiger partial charge in [0.2, 0.25) is 5.91 Å². The van der Waals surface area contributed by atoms with Crippen molar-refractivity contribution in [2.45, 2.75) is 13.0 Å². The predicted octanol–water partition coefficient (Wildman–Crippen LogP) is 4.14. The summed E-state index contributed by atoms with van der Waals surface area (Å²) in [5.41, 5.74) is 0. The van der Waals surface area contributed by atoms with E-state index in [9.17, 15) is 9.59 Å². The van der Waals surface area contributed by atoms with Gasteiger partial charge < -0.3 is 19.7 Å². The Kier molecular flexibility index (Phi) is 26.6. The van der Waals surface area contributed by atoms with Gasteiger partial charge in [0.1, 0.15) is 12.9 Å².